The molecule has 0 aliphatic carbocycles. The van der Waals surface area contributed by atoms with E-state index in [1.165, 1.54) is 18.4 Å². The molecule has 0 saturated carbocycles. The van der Waals surface area contributed by atoms with Crippen LogP contribution in [-0.4, -0.2) is 67.3 Å². The van der Waals surface area contributed by atoms with Gasteiger partial charge in [0.25, 0.3) is 0 Å². The van der Waals surface area contributed by atoms with Gasteiger partial charge in [-0.3, -0.25) is 9.59 Å². The summed E-state index contributed by atoms with van der Waals surface area (Å²) < 4.78 is 5.88. The summed E-state index contributed by atoms with van der Waals surface area (Å²) in [5.41, 5.74) is 1.49. The highest BCUT2D eigenvalue weighted by atomic mass is 35.5. The quantitative estimate of drug-likeness (QED) is 0.602. The van der Waals surface area contributed by atoms with Crippen molar-refractivity contribution in [2.24, 2.45) is 0 Å². The van der Waals surface area contributed by atoms with E-state index in [9.17, 15) is 14.4 Å². The number of aromatic nitrogens is 1. The first-order valence-corrected chi connectivity index (χ1v) is 12.7. The lowest BCUT2D eigenvalue weighted by Crippen LogP contribution is -2.40. The van der Waals surface area contributed by atoms with Crippen LogP contribution in [0.3, 0.4) is 0 Å². The van der Waals surface area contributed by atoms with Gasteiger partial charge in [0.15, 0.2) is 0 Å². The summed E-state index contributed by atoms with van der Waals surface area (Å²) in [5.74, 6) is 0.624. The molecule has 11 heteroatoms. The molecule has 1 unspecified atom stereocenters. The van der Waals surface area contributed by atoms with Crippen molar-refractivity contribution in [2.45, 2.75) is 28.9 Å². The van der Waals surface area contributed by atoms with Crippen molar-refractivity contribution in [1.82, 2.24) is 15.2 Å². The van der Waals surface area contributed by atoms with Gasteiger partial charge in [-0.15, -0.1) is 23.1 Å². The number of nitrogens with one attached hydrogen (secondary N) is 1. The van der Waals surface area contributed by atoms with Crippen molar-refractivity contribution in [2.75, 3.05) is 44.4 Å². The summed E-state index contributed by atoms with van der Waals surface area (Å²) in [5, 5.41) is 3.95. The Labute approximate surface area is 205 Å². The molecule has 3 heterocycles. The average molecular weight is 509 g/mol. The van der Waals surface area contributed by atoms with Crippen LogP contribution in [0.25, 0.3) is 0 Å². The standard InChI is InChI=1S/C22H25ClN4O4S2/c1-24-17(28)5-8-32-20-11-25-18(33-20)10-19(29)27-13-22(6-7-26(12-22)21(30)31-2)15-9-14(23)3-4-16(15)27/h3-4,9,11H,5-8,10,12-13H2,1-2H3,(H,24,28). The monoisotopic (exact) mass is 508 g/mol. The number of fused-ring (bicyclic) bond motifs is 2. The lowest BCUT2D eigenvalue weighted by molar-refractivity contribution is -0.120. The Morgan fingerprint density at radius 3 is 2.91 bits per heavy atom. The number of thiazole rings is 1. The largest absolute Gasteiger partial charge is 0.453 e. The lowest BCUT2D eigenvalue weighted by atomic mass is 9.81. The molecule has 1 aromatic heterocycles. The third-order valence-corrected chi connectivity index (χ3v) is 8.49. The molecule has 0 bridgehead atoms. The highest BCUT2D eigenvalue weighted by Gasteiger charge is 2.50. The number of nitrogens with zero attached hydrogens (tertiary/aromatic N) is 3. The number of carbonyl (C=O) groups excluding carboxylic acids is 3. The van der Waals surface area contributed by atoms with Crippen LogP contribution in [-0.2, 0) is 26.2 Å². The molecule has 33 heavy (non-hydrogen) atoms. The van der Waals surface area contributed by atoms with E-state index in [-0.39, 0.29) is 29.7 Å². The van der Waals surface area contributed by atoms with Gasteiger partial charge in [0, 0.05) is 55.0 Å². The Hall–Kier alpha value is -2.30. The third-order valence-electron chi connectivity index (χ3n) is 6.06. The van der Waals surface area contributed by atoms with Crippen molar-refractivity contribution in [1.29, 1.82) is 0 Å². The fraction of sp³-hybridized carbons (Fsp3) is 0.455. The molecule has 1 aromatic carbocycles. The fourth-order valence-corrected chi connectivity index (χ4v) is 6.61. The van der Waals surface area contributed by atoms with Crippen molar-refractivity contribution >= 4 is 58.3 Å². The van der Waals surface area contributed by atoms with E-state index >= 15 is 0 Å². The third kappa shape index (κ3) is 4.97. The summed E-state index contributed by atoms with van der Waals surface area (Å²) in [6.07, 6.45) is 2.77. The number of hydrogen-bond donors (Lipinski definition) is 1. The van der Waals surface area contributed by atoms with Gasteiger partial charge < -0.3 is 19.9 Å². The molecule has 3 amide bonds. The van der Waals surface area contributed by atoms with Gasteiger partial charge in [-0.2, -0.15) is 0 Å². The number of halogens is 1. The normalized spacial score (nSPS) is 19.1. The van der Waals surface area contributed by atoms with Gasteiger partial charge in [0.1, 0.15) is 5.01 Å². The first kappa shape index (κ1) is 23.8. The number of ether oxygens (including phenoxy) is 1. The average Bonchev–Trinajstić information content (AvgIpc) is 3.52. The number of amides is 3. The lowest BCUT2D eigenvalue weighted by Gasteiger charge is -2.25. The van der Waals surface area contributed by atoms with Crippen molar-refractivity contribution < 1.29 is 19.1 Å². The van der Waals surface area contributed by atoms with Crippen LogP contribution in [0, 0.1) is 0 Å². The van der Waals surface area contributed by atoms with Gasteiger partial charge in [0.05, 0.1) is 23.9 Å². The number of benzene rings is 1. The van der Waals surface area contributed by atoms with E-state index in [4.69, 9.17) is 16.3 Å². The van der Waals surface area contributed by atoms with Crippen molar-refractivity contribution in [3.8, 4) is 0 Å². The van der Waals surface area contributed by atoms with Crippen LogP contribution < -0.4 is 10.2 Å². The maximum absolute atomic E-state index is 13.3. The molecule has 1 fully saturated rings. The minimum Gasteiger partial charge on any atom is -0.453 e. The van der Waals surface area contributed by atoms with E-state index in [2.05, 4.69) is 10.3 Å². The molecule has 1 N–H and O–H groups in total. The molecule has 176 valence electrons. The molecule has 4 rings (SSSR count). The summed E-state index contributed by atoms with van der Waals surface area (Å²) in [6.45, 7) is 1.55. The first-order chi connectivity index (χ1) is 15.8. The predicted octanol–water partition coefficient (Wildman–Crippen LogP) is 3.32. The summed E-state index contributed by atoms with van der Waals surface area (Å²) in [6, 6.07) is 5.58. The van der Waals surface area contributed by atoms with Crippen LogP contribution in [0.1, 0.15) is 23.4 Å². The van der Waals surface area contributed by atoms with E-state index < -0.39 is 0 Å². The summed E-state index contributed by atoms with van der Waals surface area (Å²) in [4.78, 5) is 44.7. The number of thioether (sulfide) groups is 1. The van der Waals surface area contributed by atoms with Gasteiger partial charge in [-0.1, -0.05) is 11.6 Å². The molecule has 8 nitrogen and oxygen atoms in total. The maximum Gasteiger partial charge on any atom is 0.409 e. The van der Waals surface area contributed by atoms with Crippen LogP contribution in [0.4, 0.5) is 10.5 Å². The zero-order valence-electron chi connectivity index (χ0n) is 18.4. The van der Waals surface area contributed by atoms with Crippen LogP contribution in [0.5, 0.6) is 0 Å². The minimum absolute atomic E-state index is 0.00169. The summed E-state index contributed by atoms with van der Waals surface area (Å²) in [7, 11) is 3.00. The second-order valence-corrected chi connectivity index (χ2v) is 11.0. The molecule has 1 spiro atoms. The molecule has 2 aromatic rings. The molecule has 0 radical (unpaired) electrons. The van der Waals surface area contributed by atoms with E-state index in [0.717, 1.165) is 26.9 Å². The van der Waals surface area contributed by atoms with Crippen LogP contribution >= 0.6 is 34.7 Å². The molecule has 2 aliphatic rings. The van der Waals surface area contributed by atoms with Crippen molar-refractivity contribution in [3.63, 3.8) is 0 Å². The number of methoxy groups -OCH3 is 1. The number of carbonyl (C=O) groups is 3. The van der Waals surface area contributed by atoms with E-state index in [0.29, 0.717) is 36.8 Å². The Morgan fingerprint density at radius 2 is 2.15 bits per heavy atom. The van der Waals surface area contributed by atoms with Crippen molar-refractivity contribution in [3.05, 3.63) is 40.0 Å². The predicted molar refractivity (Wildman–Crippen MR) is 129 cm³/mol. The zero-order valence-corrected chi connectivity index (χ0v) is 20.8. The first-order valence-electron chi connectivity index (χ1n) is 10.6. The van der Waals surface area contributed by atoms with E-state index in [1.807, 2.05) is 12.1 Å². The maximum atomic E-state index is 13.3. The molecular weight excluding hydrogens is 484 g/mol. The Bertz CT molecular complexity index is 1080. The van der Waals surface area contributed by atoms with Gasteiger partial charge in [-0.05, 0) is 30.2 Å². The van der Waals surface area contributed by atoms with E-state index in [1.54, 1.807) is 40.9 Å². The van der Waals surface area contributed by atoms with Gasteiger partial charge >= 0.3 is 6.09 Å². The smallest absolute Gasteiger partial charge is 0.409 e. The molecule has 1 atom stereocenters. The molecule has 2 aliphatic heterocycles. The number of hydrogen-bond acceptors (Lipinski definition) is 7. The Morgan fingerprint density at radius 1 is 1.33 bits per heavy atom. The number of rotatable bonds is 6. The number of likely N-dealkylation sites (tertiary alicyclic amines) is 1. The number of anilines is 1. The Balaban J connectivity index is 1.47. The second kappa shape index (κ2) is 9.90. The van der Waals surface area contributed by atoms with Crippen LogP contribution in [0.2, 0.25) is 5.02 Å². The zero-order chi connectivity index (χ0) is 23.6. The fourth-order valence-electron chi connectivity index (χ4n) is 4.41. The summed E-state index contributed by atoms with van der Waals surface area (Å²) >= 11 is 9.33. The topological polar surface area (TPSA) is 91.8 Å². The molecule has 1 saturated heterocycles. The highest BCUT2D eigenvalue weighted by molar-refractivity contribution is 8.01. The minimum atomic E-state index is -0.357. The van der Waals surface area contributed by atoms with Gasteiger partial charge in [-0.25, -0.2) is 9.78 Å². The van der Waals surface area contributed by atoms with Gasteiger partial charge in [0.2, 0.25) is 11.8 Å². The van der Waals surface area contributed by atoms with Crippen LogP contribution in [0.15, 0.2) is 28.6 Å². The molecular formula is C22H25ClN4O4S2. The highest BCUT2D eigenvalue weighted by Crippen LogP contribution is 2.47. The Kier molecular flexibility index (Phi) is 7.16. The SMILES string of the molecule is CNC(=O)CCSc1cnc(CC(=O)N2CC3(CCN(C(=O)OC)C3)c3cc(Cl)ccc32)s1. The second-order valence-electron chi connectivity index (χ2n) is 8.08.